The van der Waals surface area contributed by atoms with Gasteiger partial charge in [-0.15, -0.1) is 0 Å². The number of nitrogens with zero attached hydrogens (tertiary/aromatic N) is 2. The third kappa shape index (κ3) is 4.47. The minimum Gasteiger partial charge on any atom is -0.383 e. The molecule has 0 bridgehead atoms. The molecule has 120 valence electrons. The van der Waals surface area contributed by atoms with Crippen LogP contribution in [0.1, 0.15) is 22.3 Å². The van der Waals surface area contributed by atoms with Gasteiger partial charge in [0.05, 0.1) is 10.5 Å². The monoisotopic (exact) mass is 318 g/mol. The Labute approximate surface area is 131 Å². The molecule has 1 aromatic heterocycles. The van der Waals surface area contributed by atoms with Gasteiger partial charge < -0.3 is 11.1 Å². The molecule has 0 aliphatic rings. The van der Waals surface area contributed by atoms with Gasteiger partial charge in [-0.25, -0.2) is 9.37 Å². The first-order valence-corrected chi connectivity index (χ1v) is 6.90. The molecule has 0 saturated carbocycles. The maximum Gasteiger partial charge on any atom is 0.288 e. The van der Waals surface area contributed by atoms with Crippen molar-refractivity contribution < 1.29 is 14.1 Å². The number of anilines is 1. The van der Waals surface area contributed by atoms with Crippen LogP contribution in [0, 0.1) is 15.9 Å². The predicted molar refractivity (Wildman–Crippen MR) is 82.4 cm³/mol. The minimum absolute atomic E-state index is 0.0371. The van der Waals surface area contributed by atoms with Crippen LogP contribution < -0.4 is 11.1 Å². The van der Waals surface area contributed by atoms with Crippen LogP contribution in [0.5, 0.6) is 0 Å². The number of halogens is 1. The van der Waals surface area contributed by atoms with Gasteiger partial charge in [0, 0.05) is 12.6 Å². The van der Waals surface area contributed by atoms with E-state index < -0.39 is 10.8 Å². The van der Waals surface area contributed by atoms with Crippen molar-refractivity contribution in [2.24, 2.45) is 0 Å². The first kappa shape index (κ1) is 16.3. The average molecular weight is 318 g/mol. The van der Waals surface area contributed by atoms with Crippen molar-refractivity contribution in [2.45, 2.75) is 12.8 Å². The maximum absolute atomic E-state index is 13.0. The van der Waals surface area contributed by atoms with Crippen molar-refractivity contribution in [3.8, 4) is 0 Å². The second-order valence-electron chi connectivity index (χ2n) is 4.87. The topological polar surface area (TPSA) is 111 Å². The fourth-order valence-electron chi connectivity index (χ4n) is 2.03. The zero-order valence-electron chi connectivity index (χ0n) is 12.2. The van der Waals surface area contributed by atoms with Crippen LogP contribution in [0.15, 0.2) is 36.5 Å². The predicted octanol–water partition coefficient (Wildman–Crippen LogP) is 2.07. The molecule has 8 heteroatoms. The summed E-state index contributed by atoms with van der Waals surface area (Å²) in [6.45, 7) is 0.331. The number of hydrogen-bond donors (Lipinski definition) is 2. The molecule has 0 atom stereocenters. The molecule has 2 rings (SSSR count). The summed E-state index contributed by atoms with van der Waals surface area (Å²) in [5, 5.41) is 13.3. The van der Waals surface area contributed by atoms with E-state index in [1.807, 2.05) is 0 Å². The zero-order valence-corrected chi connectivity index (χ0v) is 12.2. The summed E-state index contributed by atoms with van der Waals surface area (Å²) >= 11 is 0. The Balaban J connectivity index is 1.90. The number of nitro groups is 1. The van der Waals surface area contributed by atoms with Crippen LogP contribution in [-0.4, -0.2) is 22.4 Å². The molecule has 0 fully saturated rings. The van der Waals surface area contributed by atoms with E-state index in [1.165, 1.54) is 12.1 Å². The fraction of sp³-hybridized carbons (Fsp3) is 0.200. The fourth-order valence-corrected chi connectivity index (χ4v) is 2.03. The van der Waals surface area contributed by atoms with Crippen LogP contribution >= 0.6 is 0 Å². The highest BCUT2D eigenvalue weighted by Gasteiger charge is 2.16. The van der Waals surface area contributed by atoms with Gasteiger partial charge in [-0.2, -0.15) is 0 Å². The Bertz CT molecular complexity index is 736. The Kier molecular flexibility index (Phi) is 5.19. The molecule has 1 aromatic carbocycles. The van der Waals surface area contributed by atoms with Crippen molar-refractivity contribution >= 4 is 17.4 Å². The Morgan fingerprint density at radius 2 is 2.17 bits per heavy atom. The normalized spacial score (nSPS) is 10.3. The quantitative estimate of drug-likeness (QED) is 0.481. The SMILES string of the molecule is Nc1ncc([N+](=O)[O-])cc1C(=O)NCCCc1cccc(F)c1. The number of amides is 1. The number of aryl methyl sites for hydroxylation is 1. The number of benzene rings is 1. The van der Waals surface area contributed by atoms with E-state index in [9.17, 15) is 19.3 Å². The Morgan fingerprint density at radius 1 is 1.39 bits per heavy atom. The average Bonchev–Trinajstić information content (AvgIpc) is 2.51. The van der Waals surface area contributed by atoms with Gasteiger partial charge in [-0.3, -0.25) is 14.9 Å². The third-order valence-electron chi connectivity index (χ3n) is 3.18. The molecular weight excluding hydrogens is 303 g/mol. The molecule has 0 aliphatic carbocycles. The molecule has 23 heavy (non-hydrogen) atoms. The maximum atomic E-state index is 13.0. The molecule has 7 nitrogen and oxygen atoms in total. The van der Waals surface area contributed by atoms with Crippen LogP contribution in [0.2, 0.25) is 0 Å². The van der Waals surface area contributed by atoms with E-state index in [0.29, 0.717) is 19.4 Å². The van der Waals surface area contributed by atoms with Crippen LogP contribution in [-0.2, 0) is 6.42 Å². The van der Waals surface area contributed by atoms with Crippen LogP contribution in [0.4, 0.5) is 15.9 Å². The molecule has 2 aromatic rings. The lowest BCUT2D eigenvalue weighted by atomic mass is 10.1. The highest BCUT2D eigenvalue weighted by Crippen LogP contribution is 2.16. The van der Waals surface area contributed by atoms with E-state index in [4.69, 9.17) is 5.73 Å². The van der Waals surface area contributed by atoms with Gasteiger partial charge in [0.15, 0.2) is 0 Å². The number of nitrogen functional groups attached to an aromatic ring is 1. The number of rotatable bonds is 6. The van der Waals surface area contributed by atoms with Crippen molar-refractivity contribution in [3.63, 3.8) is 0 Å². The van der Waals surface area contributed by atoms with E-state index >= 15 is 0 Å². The number of nitrogens with one attached hydrogen (secondary N) is 1. The summed E-state index contributed by atoms with van der Waals surface area (Å²) in [5.74, 6) is -0.904. The highest BCUT2D eigenvalue weighted by atomic mass is 19.1. The standard InChI is InChI=1S/C15H15FN4O3/c16-11-5-1-3-10(7-11)4-2-6-18-15(21)13-8-12(20(22)23)9-19-14(13)17/h1,3,5,7-9H,2,4,6H2,(H2,17,19)(H,18,21). The third-order valence-corrected chi connectivity index (χ3v) is 3.18. The van der Waals surface area contributed by atoms with Gasteiger partial charge in [0.1, 0.15) is 17.8 Å². The Hall–Kier alpha value is -3.03. The van der Waals surface area contributed by atoms with Gasteiger partial charge in [-0.05, 0) is 30.5 Å². The lowest BCUT2D eigenvalue weighted by molar-refractivity contribution is -0.385. The Morgan fingerprint density at radius 3 is 2.87 bits per heavy atom. The number of aromatic nitrogens is 1. The van der Waals surface area contributed by atoms with Crippen molar-refractivity contribution in [1.29, 1.82) is 0 Å². The van der Waals surface area contributed by atoms with Crippen LogP contribution in [0.3, 0.4) is 0 Å². The number of pyridine rings is 1. The lowest BCUT2D eigenvalue weighted by Gasteiger charge is -2.07. The van der Waals surface area contributed by atoms with Gasteiger partial charge in [0.25, 0.3) is 11.6 Å². The van der Waals surface area contributed by atoms with E-state index in [2.05, 4.69) is 10.3 Å². The van der Waals surface area contributed by atoms with E-state index in [0.717, 1.165) is 17.8 Å². The molecule has 0 spiro atoms. The first-order chi connectivity index (χ1) is 11.0. The lowest BCUT2D eigenvalue weighted by Crippen LogP contribution is -2.26. The van der Waals surface area contributed by atoms with Crippen molar-refractivity contribution in [3.05, 3.63) is 63.6 Å². The van der Waals surface area contributed by atoms with Crippen LogP contribution in [0.25, 0.3) is 0 Å². The molecule has 1 heterocycles. The largest absolute Gasteiger partial charge is 0.383 e. The molecular formula is C15H15FN4O3. The van der Waals surface area contributed by atoms with E-state index in [1.54, 1.807) is 12.1 Å². The summed E-state index contributed by atoms with van der Waals surface area (Å²) < 4.78 is 13.0. The molecule has 0 unspecified atom stereocenters. The van der Waals surface area contributed by atoms with E-state index in [-0.39, 0.29) is 22.9 Å². The minimum atomic E-state index is -0.646. The molecule has 0 aliphatic heterocycles. The number of carbonyl (C=O) groups excluding carboxylic acids is 1. The van der Waals surface area contributed by atoms with Crippen molar-refractivity contribution in [1.82, 2.24) is 10.3 Å². The molecule has 1 amide bonds. The summed E-state index contributed by atoms with van der Waals surface area (Å²) in [4.78, 5) is 25.7. The smallest absolute Gasteiger partial charge is 0.288 e. The zero-order chi connectivity index (χ0) is 16.8. The van der Waals surface area contributed by atoms with Gasteiger partial charge in [0.2, 0.25) is 0 Å². The molecule has 3 N–H and O–H groups in total. The molecule has 0 radical (unpaired) electrons. The number of nitrogens with two attached hydrogens (primary N) is 1. The second kappa shape index (κ2) is 7.30. The number of hydrogen-bond acceptors (Lipinski definition) is 5. The van der Waals surface area contributed by atoms with Gasteiger partial charge in [-0.1, -0.05) is 12.1 Å². The highest BCUT2D eigenvalue weighted by molar-refractivity contribution is 5.98. The first-order valence-electron chi connectivity index (χ1n) is 6.90. The molecule has 0 saturated heterocycles. The summed E-state index contributed by atoms with van der Waals surface area (Å²) in [5.41, 5.74) is 6.06. The van der Waals surface area contributed by atoms with Crippen molar-refractivity contribution in [2.75, 3.05) is 12.3 Å². The number of carbonyl (C=O) groups is 1. The summed E-state index contributed by atoms with van der Waals surface area (Å²) in [7, 11) is 0. The summed E-state index contributed by atoms with van der Waals surface area (Å²) in [6, 6.07) is 7.31. The summed E-state index contributed by atoms with van der Waals surface area (Å²) in [6.07, 6.45) is 2.19. The second-order valence-corrected chi connectivity index (χ2v) is 4.87. The van der Waals surface area contributed by atoms with Gasteiger partial charge >= 0.3 is 0 Å².